The molecule has 0 heterocycles. The Labute approximate surface area is 152 Å². The highest BCUT2D eigenvalue weighted by atomic mass is 127. The Bertz CT molecular complexity index is 434. The number of hydrogen-bond donors (Lipinski definition) is 3. The van der Waals surface area contributed by atoms with Crippen LogP contribution in [0.15, 0.2) is 4.99 Å². The highest BCUT2D eigenvalue weighted by molar-refractivity contribution is 14.0. The third-order valence-corrected chi connectivity index (χ3v) is 4.84. The molecular formula is C14H31IN4O2S. The first-order valence-electron chi connectivity index (χ1n) is 7.87. The number of sulfonamides is 1. The van der Waals surface area contributed by atoms with Gasteiger partial charge in [0.05, 0.1) is 6.26 Å². The van der Waals surface area contributed by atoms with Crippen molar-refractivity contribution >= 4 is 40.0 Å². The maximum absolute atomic E-state index is 11.0. The zero-order valence-electron chi connectivity index (χ0n) is 13.9. The Morgan fingerprint density at radius 2 is 1.77 bits per heavy atom. The number of rotatable bonds is 8. The molecule has 0 unspecified atom stereocenters. The highest BCUT2D eigenvalue weighted by Gasteiger charge is 2.31. The van der Waals surface area contributed by atoms with Crippen LogP contribution in [-0.2, 0) is 10.0 Å². The van der Waals surface area contributed by atoms with Gasteiger partial charge in [0.15, 0.2) is 5.96 Å². The Hall–Kier alpha value is -0.0900. The van der Waals surface area contributed by atoms with Gasteiger partial charge in [0.1, 0.15) is 0 Å². The van der Waals surface area contributed by atoms with Crippen molar-refractivity contribution in [3.63, 3.8) is 0 Å². The van der Waals surface area contributed by atoms with Crippen molar-refractivity contribution in [3.8, 4) is 0 Å². The van der Waals surface area contributed by atoms with Crippen molar-refractivity contribution in [2.24, 2.45) is 10.4 Å². The maximum Gasteiger partial charge on any atom is 0.208 e. The number of nitrogens with zero attached hydrogens (tertiary/aromatic N) is 1. The lowest BCUT2D eigenvalue weighted by Gasteiger charge is -2.25. The van der Waals surface area contributed by atoms with Crippen molar-refractivity contribution < 1.29 is 8.42 Å². The van der Waals surface area contributed by atoms with Crippen molar-refractivity contribution in [2.45, 2.75) is 46.0 Å². The highest BCUT2D eigenvalue weighted by Crippen LogP contribution is 2.41. The molecule has 0 aromatic rings. The minimum absolute atomic E-state index is 0. The Morgan fingerprint density at radius 1 is 1.14 bits per heavy atom. The lowest BCUT2D eigenvalue weighted by molar-refractivity contribution is 0.297. The predicted octanol–water partition coefficient (Wildman–Crippen LogP) is 1.68. The fourth-order valence-corrected chi connectivity index (χ4v) is 3.23. The van der Waals surface area contributed by atoms with Gasteiger partial charge in [-0.15, -0.1) is 24.0 Å². The van der Waals surface area contributed by atoms with E-state index in [1.807, 2.05) is 6.92 Å². The first-order valence-corrected chi connectivity index (χ1v) is 9.77. The van der Waals surface area contributed by atoms with Gasteiger partial charge in [-0.05, 0) is 31.6 Å². The molecule has 0 saturated heterocycles. The Balaban J connectivity index is 0.00000441. The number of nitrogens with one attached hydrogen (secondary N) is 3. The van der Waals surface area contributed by atoms with Crippen LogP contribution in [0.5, 0.6) is 0 Å². The van der Waals surface area contributed by atoms with Crippen LogP contribution in [0, 0.1) is 5.41 Å². The quantitative estimate of drug-likeness (QED) is 0.229. The molecular weight excluding hydrogens is 415 g/mol. The molecule has 6 nitrogen and oxygen atoms in total. The second kappa shape index (κ2) is 10.6. The number of aliphatic imine (C=N–C) groups is 1. The maximum atomic E-state index is 11.0. The fraction of sp³-hybridized carbons (Fsp3) is 0.929. The lowest BCUT2D eigenvalue weighted by atomic mass is 9.84. The first-order chi connectivity index (χ1) is 9.91. The summed E-state index contributed by atoms with van der Waals surface area (Å²) < 4.78 is 24.5. The Kier molecular flexibility index (Phi) is 10.6. The SMILES string of the molecule is CCNC(=NCC1(CC)CCCC1)NCCNS(C)(=O)=O.I. The molecule has 1 aliphatic carbocycles. The smallest absolute Gasteiger partial charge is 0.208 e. The first kappa shape index (κ1) is 21.9. The molecule has 8 heteroatoms. The van der Waals surface area contributed by atoms with Gasteiger partial charge in [0.2, 0.25) is 10.0 Å². The lowest BCUT2D eigenvalue weighted by Crippen LogP contribution is -2.42. The molecule has 0 amide bonds. The Morgan fingerprint density at radius 3 is 2.27 bits per heavy atom. The predicted molar refractivity (Wildman–Crippen MR) is 103 cm³/mol. The largest absolute Gasteiger partial charge is 0.357 e. The molecule has 1 rings (SSSR count). The van der Waals surface area contributed by atoms with Gasteiger partial charge in [-0.25, -0.2) is 13.1 Å². The monoisotopic (exact) mass is 446 g/mol. The molecule has 1 aliphatic rings. The average Bonchev–Trinajstić information content (AvgIpc) is 2.89. The third kappa shape index (κ3) is 8.52. The van der Waals surface area contributed by atoms with Crippen LogP contribution in [-0.4, -0.2) is 46.8 Å². The van der Waals surface area contributed by atoms with Crippen molar-refractivity contribution in [1.82, 2.24) is 15.4 Å². The van der Waals surface area contributed by atoms with Crippen molar-refractivity contribution in [1.29, 1.82) is 0 Å². The number of halogens is 1. The van der Waals surface area contributed by atoms with Gasteiger partial charge >= 0.3 is 0 Å². The zero-order valence-corrected chi connectivity index (χ0v) is 17.1. The second-order valence-corrected chi connectivity index (χ2v) is 7.68. The van der Waals surface area contributed by atoms with E-state index in [2.05, 4.69) is 27.3 Å². The topological polar surface area (TPSA) is 82.6 Å². The van der Waals surface area contributed by atoms with Crippen LogP contribution in [0.3, 0.4) is 0 Å². The number of hydrogen-bond acceptors (Lipinski definition) is 3. The van der Waals surface area contributed by atoms with E-state index in [4.69, 9.17) is 0 Å². The third-order valence-electron chi connectivity index (χ3n) is 4.11. The van der Waals surface area contributed by atoms with E-state index in [9.17, 15) is 8.42 Å². The van der Waals surface area contributed by atoms with Gasteiger partial charge in [-0.1, -0.05) is 19.8 Å². The van der Waals surface area contributed by atoms with Gasteiger partial charge in [0, 0.05) is 26.2 Å². The van der Waals surface area contributed by atoms with E-state index in [1.54, 1.807) is 0 Å². The molecule has 0 aliphatic heterocycles. The molecule has 132 valence electrons. The molecule has 0 spiro atoms. The van der Waals surface area contributed by atoms with Crippen molar-refractivity contribution in [2.75, 3.05) is 32.4 Å². The van der Waals surface area contributed by atoms with Crippen LogP contribution in [0.1, 0.15) is 46.0 Å². The van der Waals surface area contributed by atoms with Crippen molar-refractivity contribution in [3.05, 3.63) is 0 Å². The summed E-state index contributed by atoms with van der Waals surface area (Å²) in [5.41, 5.74) is 0.368. The summed E-state index contributed by atoms with van der Waals surface area (Å²) in [6.45, 7) is 6.80. The van der Waals surface area contributed by atoms with Crippen LogP contribution in [0.25, 0.3) is 0 Å². The molecule has 0 bridgehead atoms. The van der Waals surface area contributed by atoms with E-state index < -0.39 is 10.0 Å². The van der Waals surface area contributed by atoms with Gasteiger partial charge in [-0.3, -0.25) is 4.99 Å². The minimum atomic E-state index is -3.12. The van der Waals surface area contributed by atoms with Crippen LogP contribution >= 0.6 is 24.0 Å². The molecule has 0 aromatic carbocycles. The van der Waals surface area contributed by atoms with E-state index in [0.717, 1.165) is 25.3 Å². The van der Waals surface area contributed by atoms with Crippen LogP contribution in [0.2, 0.25) is 0 Å². The number of guanidine groups is 1. The average molecular weight is 446 g/mol. The molecule has 1 saturated carbocycles. The summed E-state index contributed by atoms with van der Waals surface area (Å²) in [5.74, 6) is 0.771. The molecule has 3 N–H and O–H groups in total. The summed E-state index contributed by atoms with van der Waals surface area (Å²) in [6.07, 6.45) is 7.49. The van der Waals surface area contributed by atoms with Gasteiger partial charge in [-0.2, -0.15) is 0 Å². The zero-order chi connectivity index (χ0) is 15.8. The minimum Gasteiger partial charge on any atom is -0.357 e. The normalized spacial score (nSPS) is 17.9. The summed E-state index contributed by atoms with van der Waals surface area (Å²) in [5, 5.41) is 6.38. The van der Waals surface area contributed by atoms with E-state index in [0.29, 0.717) is 18.5 Å². The molecule has 0 radical (unpaired) electrons. The fourth-order valence-electron chi connectivity index (χ4n) is 2.75. The van der Waals surface area contributed by atoms with E-state index in [-0.39, 0.29) is 24.0 Å². The van der Waals surface area contributed by atoms with Crippen LogP contribution < -0.4 is 15.4 Å². The van der Waals surface area contributed by atoms with Crippen LogP contribution in [0.4, 0.5) is 0 Å². The summed E-state index contributed by atoms with van der Waals surface area (Å²) >= 11 is 0. The van der Waals surface area contributed by atoms with Gasteiger partial charge < -0.3 is 10.6 Å². The van der Waals surface area contributed by atoms with E-state index >= 15 is 0 Å². The molecule has 0 atom stereocenters. The molecule has 0 aromatic heterocycles. The second-order valence-electron chi connectivity index (χ2n) is 5.85. The van der Waals surface area contributed by atoms with E-state index in [1.165, 1.54) is 32.1 Å². The molecule has 1 fully saturated rings. The molecule has 22 heavy (non-hydrogen) atoms. The summed E-state index contributed by atoms with van der Waals surface area (Å²) in [4.78, 5) is 4.69. The standard InChI is InChI=1S/C14H30N4O2S.HI/c1-4-14(8-6-7-9-14)12-17-13(15-5-2)16-10-11-18-21(3,19)20;/h18H,4-12H2,1-3H3,(H2,15,16,17);1H. The summed E-state index contributed by atoms with van der Waals surface area (Å²) in [7, 11) is -3.12. The van der Waals surface area contributed by atoms with Gasteiger partial charge in [0.25, 0.3) is 0 Å². The summed E-state index contributed by atoms with van der Waals surface area (Å²) in [6, 6.07) is 0.